The predicted octanol–water partition coefficient (Wildman–Crippen LogP) is 3.96. The molecule has 0 amide bonds. The molecule has 0 aliphatic carbocycles. The number of pyridine rings is 1. The van der Waals surface area contributed by atoms with E-state index in [4.69, 9.17) is 0 Å². The maximum atomic E-state index is 13.5. The van der Waals surface area contributed by atoms with Crippen molar-refractivity contribution in [3.05, 3.63) is 48.2 Å². The number of azo groups is 1. The van der Waals surface area contributed by atoms with Gasteiger partial charge in [0.2, 0.25) is 5.88 Å². The molecule has 0 radical (unpaired) electrons. The van der Waals surface area contributed by atoms with Gasteiger partial charge in [-0.25, -0.2) is 13.8 Å². The monoisotopic (exact) mass is 274 g/mol. The number of aromatic nitrogens is 2. The van der Waals surface area contributed by atoms with E-state index in [1.807, 2.05) is 0 Å². The van der Waals surface area contributed by atoms with Gasteiger partial charge in [0.15, 0.2) is 11.5 Å². The van der Waals surface area contributed by atoms with Crippen LogP contribution in [0.25, 0.3) is 10.9 Å². The quantitative estimate of drug-likeness (QED) is 0.694. The van der Waals surface area contributed by atoms with E-state index in [0.717, 1.165) is 12.1 Å². The molecule has 5 nitrogen and oxygen atoms in total. The Balaban J connectivity index is 2.12. The van der Waals surface area contributed by atoms with E-state index in [2.05, 4.69) is 20.2 Å². The fourth-order valence-corrected chi connectivity index (χ4v) is 1.81. The van der Waals surface area contributed by atoms with Crippen LogP contribution in [0.4, 0.5) is 20.3 Å². The molecule has 0 atom stereocenters. The average molecular weight is 274 g/mol. The second kappa shape index (κ2) is 4.69. The van der Waals surface area contributed by atoms with Gasteiger partial charge >= 0.3 is 0 Å². The van der Waals surface area contributed by atoms with E-state index < -0.39 is 11.6 Å². The van der Waals surface area contributed by atoms with Crippen molar-refractivity contribution in [3.63, 3.8) is 0 Å². The Hall–Kier alpha value is -2.83. The van der Waals surface area contributed by atoms with Crippen molar-refractivity contribution in [1.82, 2.24) is 9.97 Å². The van der Waals surface area contributed by atoms with E-state index in [1.165, 1.54) is 6.20 Å². The summed E-state index contributed by atoms with van der Waals surface area (Å²) >= 11 is 0. The van der Waals surface area contributed by atoms with Crippen molar-refractivity contribution in [2.75, 3.05) is 0 Å². The van der Waals surface area contributed by atoms with E-state index in [9.17, 15) is 13.9 Å². The minimum atomic E-state index is -0.811. The fourth-order valence-electron chi connectivity index (χ4n) is 1.81. The number of benzene rings is 1. The Morgan fingerprint density at radius 1 is 1.15 bits per heavy atom. The minimum Gasteiger partial charge on any atom is -0.493 e. The van der Waals surface area contributed by atoms with E-state index >= 15 is 0 Å². The molecule has 0 unspecified atom stereocenters. The summed E-state index contributed by atoms with van der Waals surface area (Å²) in [5.74, 6) is -1.64. The second-order valence-electron chi connectivity index (χ2n) is 4.02. The maximum absolute atomic E-state index is 13.5. The van der Waals surface area contributed by atoms with Crippen LogP contribution in [0.2, 0.25) is 0 Å². The summed E-state index contributed by atoms with van der Waals surface area (Å²) in [5.41, 5.74) is -0.0667. The van der Waals surface area contributed by atoms with Crippen LogP contribution in [0, 0.1) is 11.6 Å². The van der Waals surface area contributed by atoms with Crippen LogP contribution < -0.4 is 0 Å². The topological polar surface area (TPSA) is 73.6 Å². The lowest BCUT2D eigenvalue weighted by Gasteiger charge is -1.94. The predicted molar refractivity (Wildman–Crippen MR) is 68.3 cm³/mol. The molecule has 20 heavy (non-hydrogen) atoms. The number of hydrogen-bond acceptors (Lipinski definition) is 4. The highest BCUT2D eigenvalue weighted by Crippen LogP contribution is 2.37. The third kappa shape index (κ3) is 2.09. The molecular weight excluding hydrogens is 266 g/mol. The van der Waals surface area contributed by atoms with Gasteiger partial charge in [-0.15, -0.1) is 10.2 Å². The van der Waals surface area contributed by atoms with Crippen LogP contribution in [-0.2, 0) is 0 Å². The Kier molecular flexibility index (Phi) is 2.86. The number of aromatic hydroxyl groups is 1. The van der Waals surface area contributed by atoms with Crippen LogP contribution >= 0.6 is 0 Å². The molecular formula is C13H8F2N4O. The third-order valence-corrected chi connectivity index (χ3v) is 2.68. The van der Waals surface area contributed by atoms with Crippen LogP contribution in [0.5, 0.6) is 5.88 Å². The van der Waals surface area contributed by atoms with Crippen molar-refractivity contribution in [2.24, 2.45) is 10.2 Å². The molecule has 0 fully saturated rings. The second-order valence-corrected chi connectivity index (χ2v) is 4.02. The average Bonchev–Trinajstić information content (AvgIpc) is 2.74. The summed E-state index contributed by atoms with van der Waals surface area (Å²) < 4.78 is 26.8. The van der Waals surface area contributed by atoms with Crippen molar-refractivity contribution >= 4 is 22.4 Å². The zero-order chi connectivity index (χ0) is 14.1. The first-order valence-corrected chi connectivity index (χ1v) is 5.67. The third-order valence-electron chi connectivity index (χ3n) is 2.68. The van der Waals surface area contributed by atoms with Crippen molar-refractivity contribution in [1.29, 1.82) is 0 Å². The van der Waals surface area contributed by atoms with Crippen LogP contribution in [0.15, 0.2) is 46.8 Å². The van der Waals surface area contributed by atoms with Crippen LogP contribution in [0.3, 0.4) is 0 Å². The molecule has 7 heteroatoms. The van der Waals surface area contributed by atoms with Gasteiger partial charge in [-0.3, -0.25) is 0 Å². The fraction of sp³-hybridized carbons (Fsp3) is 0. The lowest BCUT2D eigenvalue weighted by atomic mass is 10.2. The smallest absolute Gasteiger partial charge is 0.218 e. The number of rotatable bonds is 2. The molecule has 3 rings (SSSR count). The first-order chi connectivity index (χ1) is 9.65. The zero-order valence-corrected chi connectivity index (χ0v) is 10.0. The standard InChI is InChI=1S/C13H8F2N4O/c14-7-5-8-11(9(15)6-7)17-13(20)12(8)19-18-10-3-1-2-4-16-10/h1-6,17,20H. The van der Waals surface area contributed by atoms with E-state index in [1.54, 1.807) is 18.2 Å². The normalized spacial score (nSPS) is 11.5. The number of fused-ring (bicyclic) bond motifs is 1. The number of halogens is 2. The van der Waals surface area contributed by atoms with Gasteiger partial charge in [-0.2, -0.15) is 0 Å². The van der Waals surface area contributed by atoms with E-state index in [0.29, 0.717) is 5.82 Å². The van der Waals surface area contributed by atoms with Gasteiger partial charge in [0.1, 0.15) is 11.6 Å². The first kappa shape index (κ1) is 12.2. The number of nitrogens with one attached hydrogen (secondary N) is 1. The first-order valence-electron chi connectivity index (χ1n) is 5.67. The molecule has 0 bridgehead atoms. The Morgan fingerprint density at radius 2 is 2.00 bits per heavy atom. The molecule has 1 aromatic carbocycles. The van der Waals surface area contributed by atoms with Gasteiger partial charge in [0.05, 0.1) is 5.52 Å². The summed E-state index contributed by atoms with van der Waals surface area (Å²) in [6, 6.07) is 6.83. The summed E-state index contributed by atoms with van der Waals surface area (Å²) in [6.07, 6.45) is 1.53. The van der Waals surface area contributed by atoms with Crippen LogP contribution in [-0.4, -0.2) is 15.1 Å². The molecule has 100 valence electrons. The molecule has 2 aromatic heterocycles. The van der Waals surface area contributed by atoms with Gasteiger partial charge in [-0.05, 0) is 18.2 Å². The molecule has 2 heterocycles. The number of aromatic amines is 1. The van der Waals surface area contributed by atoms with Crippen molar-refractivity contribution in [3.8, 4) is 5.88 Å². The molecule has 0 saturated heterocycles. The summed E-state index contributed by atoms with van der Waals surface area (Å²) in [5, 5.41) is 17.4. The zero-order valence-electron chi connectivity index (χ0n) is 10.0. The molecule has 2 N–H and O–H groups in total. The molecule has 0 spiro atoms. The Morgan fingerprint density at radius 3 is 2.75 bits per heavy atom. The highest BCUT2D eigenvalue weighted by atomic mass is 19.1. The minimum absolute atomic E-state index is 0.0288. The maximum Gasteiger partial charge on any atom is 0.218 e. The Labute approximate surface area is 111 Å². The number of nitrogens with zero attached hydrogens (tertiary/aromatic N) is 3. The highest BCUT2D eigenvalue weighted by molar-refractivity contribution is 5.94. The Bertz CT molecular complexity index is 799. The van der Waals surface area contributed by atoms with Gasteiger partial charge in [0, 0.05) is 17.6 Å². The summed E-state index contributed by atoms with van der Waals surface area (Å²) in [4.78, 5) is 6.32. The molecule has 0 aliphatic heterocycles. The lowest BCUT2D eigenvalue weighted by Crippen LogP contribution is -1.80. The summed E-state index contributed by atoms with van der Waals surface area (Å²) in [7, 11) is 0. The van der Waals surface area contributed by atoms with Crippen LogP contribution in [0.1, 0.15) is 0 Å². The largest absolute Gasteiger partial charge is 0.493 e. The van der Waals surface area contributed by atoms with Crippen molar-refractivity contribution in [2.45, 2.75) is 0 Å². The molecule has 3 aromatic rings. The van der Waals surface area contributed by atoms with E-state index in [-0.39, 0.29) is 22.5 Å². The number of hydrogen-bond donors (Lipinski definition) is 2. The molecule has 0 aliphatic rings. The lowest BCUT2D eigenvalue weighted by molar-refractivity contribution is 0.459. The SMILES string of the molecule is Oc1[nH]c2c(F)cc(F)cc2c1N=Nc1ccccn1. The number of H-pyrrole nitrogens is 1. The highest BCUT2D eigenvalue weighted by Gasteiger charge is 2.15. The van der Waals surface area contributed by atoms with Gasteiger partial charge < -0.3 is 10.1 Å². The van der Waals surface area contributed by atoms with Gasteiger partial charge in [0.25, 0.3) is 0 Å². The van der Waals surface area contributed by atoms with Crippen molar-refractivity contribution < 1.29 is 13.9 Å². The summed E-state index contributed by atoms with van der Waals surface area (Å²) in [6.45, 7) is 0. The van der Waals surface area contributed by atoms with Gasteiger partial charge in [-0.1, -0.05) is 6.07 Å². The molecule has 0 saturated carbocycles.